The molecular formula is C28H37N3O4S. The van der Waals surface area contributed by atoms with Gasteiger partial charge in [0, 0.05) is 36.7 Å². The topological polar surface area (TPSA) is 95.6 Å². The van der Waals surface area contributed by atoms with Crippen LogP contribution >= 0.6 is 0 Å². The number of amides is 2. The molecule has 2 aliphatic rings. The number of hydrogen-bond acceptors (Lipinski definition) is 4. The van der Waals surface area contributed by atoms with E-state index in [1.165, 1.54) is 4.31 Å². The van der Waals surface area contributed by atoms with Crippen LogP contribution in [0.15, 0.2) is 47.4 Å². The summed E-state index contributed by atoms with van der Waals surface area (Å²) in [5.41, 5.74) is 3.17. The third-order valence-electron chi connectivity index (χ3n) is 7.47. The third-order valence-corrected chi connectivity index (χ3v) is 9.68. The zero-order valence-corrected chi connectivity index (χ0v) is 22.2. The standard InChI is InChI=1S/C28H37N3O4S/c1-19-17-20(2)26(21(3)18-19)36(34,35)31-15-13-23(14-16-31)28(33)30-25-12-8-7-11-24(25)29-27(32)22-9-5-4-6-10-22/h4-6,9-10,17-18,23-25H,7-8,11-16H2,1-3H3,(H,29,32)(H,30,33)/t24-,25?/m1/s1. The summed E-state index contributed by atoms with van der Waals surface area (Å²) < 4.78 is 28.3. The van der Waals surface area contributed by atoms with Crippen molar-refractivity contribution in [3.05, 3.63) is 64.7 Å². The van der Waals surface area contributed by atoms with Crippen molar-refractivity contribution in [2.24, 2.45) is 5.92 Å². The highest BCUT2D eigenvalue weighted by Crippen LogP contribution is 2.29. The fraction of sp³-hybridized carbons (Fsp3) is 0.500. The van der Waals surface area contributed by atoms with E-state index in [0.717, 1.165) is 42.4 Å². The normalized spacial score (nSPS) is 21.6. The third kappa shape index (κ3) is 5.81. The number of carbonyl (C=O) groups is 2. The number of hydrogen-bond donors (Lipinski definition) is 2. The molecule has 1 aliphatic carbocycles. The highest BCUT2D eigenvalue weighted by Gasteiger charge is 2.35. The largest absolute Gasteiger partial charge is 0.351 e. The molecule has 1 unspecified atom stereocenters. The minimum absolute atomic E-state index is 0.0411. The summed E-state index contributed by atoms with van der Waals surface area (Å²) in [6.45, 7) is 6.29. The van der Waals surface area contributed by atoms with Crippen LogP contribution in [0.3, 0.4) is 0 Å². The Morgan fingerprint density at radius 2 is 1.39 bits per heavy atom. The zero-order valence-electron chi connectivity index (χ0n) is 21.4. The maximum Gasteiger partial charge on any atom is 0.251 e. The van der Waals surface area contributed by atoms with Crippen LogP contribution in [0.4, 0.5) is 0 Å². The minimum Gasteiger partial charge on any atom is -0.351 e. The first-order valence-corrected chi connectivity index (χ1v) is 14.3. The number of nitrogens with one attached hydrogen (secondary N) is 2. The number of nitrogens with zero attached hydrogens (tertiary/aromatic N) is 1. The molecule has 0 bridgehead atoms. The Balaban J connectivity index is 1.36. The smallest absolute Gasteiger partial charge is 0.251 e. The van der Waals surface area contributed by atoms with Crippen molar-refractivity contribution in [2.75, 3.05) is 13.1 Å². The molecule has 8 heteroatoms. The molecule has 4 rings (SSSR count). The van der Waals surface area contributed by atoms with Crippen LogP contribution in [0.2, 0.25) is 0 Å². The molecule has 2 atom stereocenters. The van der Waals surface area contributed by atoms with Crippen LogP contribution in [0, 0.1) is 26.7 Å². The van der Waals surface area contributed by atoms with Gasteiger partial charge in [0.15, 0.2) is 0 Å². The van der Waals surface area contributed by atoms with Gasteiger partial charge in [0.1, 0.15) is 0 Å². The summed E-state index contributed by atoms with van der Waals surface area (Å²) in [6.07, 6.45) is 4.65. The average molecular weight is 512 g/mol. The van der Waals surface area contributed by atoms with Gasteiger partial charge in [-0.1, -0.05) is 48.7 Å². The van der Waals surface area contributed by atoms with E-state index in [1.807, 2.05) is 51.1 Å². The van der Waals surface area contributed by atoms with Crippen molar-refractivity contribution < 1.29 is 18.0 Å². The highest BCUT2D eigenvalue weighted by atomic mass is 32.2. The number of benzene rings is 2. The summed E-state index contributed by atoms with van der Waals surface area (Å²) in [5, 5.41) is 6.30. The molecule has 7 nitrogen and oxygen atoms in total. The lowest BCUT2D eigenvalue weighted by molar-refractivity contribution is -0.127. The first-order valence-electron chi connectivity index (χ1n) is 12.9. The van der Waals surface area contributed by atoms with E-state index in [0.29, 0.717) is 36.4 Å². The van der Waals surface area contributed by atoms with Gasteiger partial charge in [0.25, 0.3) is 5.91 Å². The molecule has 0 spiro atoms. The number of aryl methyl sites for hydroxylation is 3. The minimum atomic E-state index is -3.61. The maximum atomic E-state index is 13.4. The SMILES string of the molecule is Cc1cc(C)c(S(=O)(=O)N2CCC(C(=O)NC3CCCC[C@H]3NC(=O)c3ccccc3)CC2)c(C)c1. The van der Waals surface area contributed by atoms with E-state index < -0.39 is 10.0 Å². The van der Waals surface area contributed by atoms with Crippen LogP contribution in [-0.2, 0) is 14.8 Å². The molecule has 1 aliphatic heterocycles. The molecule has 2 aromatic rings. The number of sulfonamides is 1. The average Bonchev–Trinajstić information content (AvgIpc) is 2.85. The first-order chi connectivity index (χ1) is 17.2. The second kappa shape index (κ2) is 11.1. The Kier molecular flexibility index (Phi) is 8.15. The monoisotopic (exact) mass is 511 g/mol. The first kappa shape index (κ1) is 26.4. The predicted octanol–water partition coefficient (Wildman–Crippen LogP) is 3.87. The van der Waals surface area contributed by atoms with Crippen LogP contribution < -0.4 is 10.6 Å². The van der Waals surface area contributed by atoms with Crippen molar-refractivity contribution in [1.82, 2.24) is 14.9 Å². The summed E-state index contributed by atoms with van der Waals surface area (Å²) in [7, 11) is -3.61. The van der Waals surface area contributed by atoms with Crippen LogP contribution in [0.1, 0.15) is 65.6 Å². The van der Waals surface area contributed by atoms with Gasteiger partial charge in [-0.15, -0.1) is 0 Å². The van der Waals surface area contributed by atoms with Crippen molar-refractivity contribution in [1.29, 1.82) is 0 Å². The molecule has 2 amide bonds. The fourth-order valence-corrected chi connectivity index (χ4v) is 7.56. The Labute approximate surface area is 214 Å². The van der Waals surface area contributed by atoms with E-state index in [2.05, 4.69) is 10.6 Å². The van der Waals surface area contributed by atoms with Crippen LogP contribution in [-0.4, -0.2) is 49.7 Å². The number of carbonyl (C=O) groups excluding carboxylic acids is 2. The van der Waals surface area contributed by atoms with Gasteiger partial charge in [0.2, 0.25) is 15.9 Å². The lowest BCUT2D eigenvalue weighted by Crippen LogP contribution is -2.55. The molecular weight excluding hydrogens is 474 g/mol. The fourth-order valence-electron chi connectivity index (χ4n) is 5.68. The number of rotatable bonds is 6. The van der Waals surface area contributed by atoms with Gasteiger partial charge in [0.05, 0.1) is 4.90 Å². The molecule has 194 valence electrons. The van der Waals surface area contributed by atoms with Gasteiger partial charge in [-0.2, -0.15) is 4.31 Å². The highest BCUT2D eigenvalue weighted by molar-refractivity contribution is 7.89. The number of piperidine rings is 1. The molecule has 1 saturated carbocycles. The lowest BCUT2D eigenvalue weighted by Gasteiger charge is -2.35. The van der Waals surface area contributed by atoms with Gasteiger partial charge in [-0.3, -0.25) is 9.59 Å². The molecule has 1 saturated heterocycles. The van der Waals surface area contributed by atoms with Crippen molar-refractivity contribution in [2.45, 2.75) is 76.3 Å². The lowest BCUT2D eigenvalue weighted by atomic mass is 9.88. The Bertz CT molecular complexity index is 1180. The van der Waals surface area contributed by atoms with E-state index in [1.54, 1.807) is 12.1 Å². The van der Waals surface area contributed by atoms with Crippen molar-refractivity contribution in [3.8, 4) is 0 Å². The second-order valence-electron chi connectivity index (χ2n) is 10.3. The summed E-state index contributed by atoms with van der Waals surface area (Å²) in [6, 6.07) is 12.7. The quantitative estimate of drug-likeness (QED) is 0.616. The van der Waals surface area contributed by atoms with E-state index in [4.69, 9.17) is 0 Å². The Morgan fingerprint density at radius 1 is 0.833 bits per heavy atom. The zero-order chi connectivity index (χ0) is 25.9. The van der Waals surface area contributed by atoms with Crippen LogP contribution in [0.5, 0.6) is 0 Å². The van der Waals surface area contributed by atoms with Gasteiger partial charge < -0.3 is 10.6 Å². The van der Waals surface area contributed by atoms with Crippen molar-refractivity contribution in [3.63, 3.8) is 0 Å². The second-order valence-corrected chi connectivity index (χ2v) is 12.1. The van der Waals surface area contributed by atoms with Crippen LogP contribution in [0.25, 0.3) is 0 Å². The maximum absolute atomic E-state index is 13.4. The molecule has 2 fully saturated rings. The summed E-state index contributed by atoms with van der Waals surface area (Å²) in [4.78, 5) is 26.2. The molecule has 1 heterocycles. The Morgan fingerprint density at radius 3 is 1.97 bits per heavy atom. The van der Waals surface area contributed by atoms with Crippen molar-refractivity contribution >= 4 is 21.8 Å². The molecule has 2 aromatic carbocycles. The van der Waals surface area contributed by atoms with Gasteiger partial charge in [-0.05, 0) is 69.7 Å². The molecule has 0 radical (unpaired) electrons. The summed E-state index contributed by atoms with van der Waals surface area (Å²) >= 11 is 0. The molecule has 2 N–H and O–H groups in total. The van der Waals surface area contributed by atoms with E-state index in [9.17, 15) is 18.0 Å². The predicted molar refractivity (Wildman–Crippen MR) is 140 cm³/mol. The van der Waals surface area contributed by atoms with Gasteiger partial charge >= 0.3 is 0 Å². The van der Waals surface area contributed by atoms with Gasteiger partial charge in [-0.25, -0.2) is 8.42 Å². The Hall–Kier alpha value is -2.71. The molecule has 36 heavy (non-hydrogen) atoms. The van der Waals surface area contributed by atoms with E-state index in [-0.39, 0.29) is 29.8 Å². The van der Waals surface area contributed by atoms with E-state index >= 15 is 0 Å². The molecule has 0 aromatic heterocycles. The summed E-state index contributed by atoms with van der Waals surface area (Å²) in [5.74, 6) is -0.397.